The Morgan fingerprint density at radius 3 is 2.17 bits per heavy atom. The quantitative estimate of drug-likeness (QED) is 0.888. The van der Waals surface area contributed by atoms with Crippen molar-refractivity contribution >= 4 is 17.5 Å². The van der Waals surface area contributed by atoms with Gasteiger partial charge in [-0.3, -0.25) is 9.59 Å². The van der Waals surface area contributed by atoms with Crippen LogP contribution in [0.25, 0.3) is 0 Å². The third-order valence-corrected chi connectivity index (χ3v) is 3.47. The summed E-state index contributed by atoms with van der Waals surface area (Å²) in [6, 6.07) is 15.1. The van der Waals surface area contributed by atoms with Gasteiger partial charge in [-0.1, -0.05) is 36.4 Å². The number of carbonyl (C=O) groups excluding carboxylic acids is 2. The molecule has 0 fully saturated rings. The van der Waals surface area contributed by atoms with Crippen molar-refractivity contribution in [2.75, 3.05) is 5.32 Å². The summed E-state index contributed by atoms with van der Waals surface area (Å²) >= 11 is 0. The van der Waals surface area contributed by atoms with E-state index in [1.54, 1.807) is 0 Å². The average molecular weight is 310 g/mol. The highest BCUT2D eigenvalue weighted by Gasteiger charge is 2.17. The van der Waals surface area contributed by atoms with E-state index in [9.17, 15) is 9.59 Å². The Kier molecular flexibility index (Phi) is 5.52. The Bertz CT molecular complexity index is 676. The van der Waals surface area contributed by atoms with Crippen LogP contribution in [0.3, 0.4) is 0 Å². The molecule has 0 radical (unpaired) electrons. The van der Waals surface area contributed by atoms with Gasteiger partial charge in [0, 0.05) is 12.6 Å². The summed E-state index contributed by atoms with van der Waals surface area (Å²) in [5.41, 5.74) is 3.89. The molecule has 0 aliphatic rings. The Hall–Kier alpha value is -2.62. The number of rotatable bonds is 5. The largest absolute Gasteiger partial charge is 0.349 e. The van der Waals surface area contributed by atoms with E-state index in [2.05, 4.69) is 16.7 Å². The molecule has 0 bridgehead atoms. The zero-order chi connectivity index (χ0) is 16.8. The normalized spacial score (nSPS) is 11.6. The van der Waals surface area contributed by atoms with Gasteiger partial charge in [-0.25, -0.2) is 0 Å². The first kappa shape index (κ1) is 16.7. The standard InChI is InChI=1S/C19H22N2O2/c1-13-9-14(2)11-17(10-13)21-19(23)12-18(20-15(3)22)16-7-5-4-6-8-16/h4-11,18H,12H2,1-3H3,(H,20,22)(H,21,23). The number of benzene rings is 2. The lowest BCUT2D eigenvalue weighted by Gasteiger charge is -2.18. The number of amides is 2. The molecule has 0 aliphatic heterocycles. The summed E-state index contributed by atoms with van der Waals surface area (Å²) in [6.45, 7) is 5.44. The summed E-state index contributed by atoms with van der Waals surface area (Å²) in [4.78, 5) is 23.8. The van der Waals surface area contributed by atoms with Crippen molar-refractivity contribution < 1.29 is 9.59 Å². The average Bonchev–Trinajstić information content (AvgIpc) is 2.45. The van der Waals surface area contributed by atoms with Crippen LogP contribution in [-0.4, -0.2) is 11.8 Å². The van der Waals surface area contributed by atoms with E-state index in [0.29, 0.717) is 0 Å². The topological polar surface area (TPSA) is 58.2 Å². The van der Waals surface area contributed by atoms with Crippen molar-refractivity contribution in [1.82, 2.24) is 5.32 Å². The first-order valence-corrected chi connectivity index (χ1v) is 7.64. The second-order valence-corrected chi connectivity index (χ2v) is 5.79. The minimum absolute atomic E-state index is 0.127. The molecule has 120 valence electrons. The lowest BCUT2D eigenvalue weighted by atomic mass is 10.0. The monoisotopic (exact) mass is 310 g/mol. The number of nitrogens with one attached hydrogen (secondary N) is 2. The molecule has 0 saturated carbocycles. The fourth-order valence-corrected chi connectivity index (χ4v) is 2.63. The van der Waals surface area contributed by atoms with E-state index < -0.39 is 0 Å². The number of hydrogen-bond acceptors (Lipinski definition) is 2. The lowest BCUT2D eigenvalue weighted by molar-refractivity contribution is -0.120. The lowest BCUT2D eigenvalue weighted by Crippen LogP contribution is -2.29. The van der Waals surface area contributed by atoms with Crippen LogP contribution in [0, 0.1) is 13.8 Å². The number of aryl methyl sites for hydroxylation is 2. The highest BCUT2D eigenvalue weighted by atomic mass is 16.2. The minimum atomic E-state index is -0.334. The third kappa shape index (κ3) is 5.25. The molecule has 0 saturated heterocycles. The van der Waals surface area contributed by atoms with Crippen LogP contribution < -0.4 is 10.6 Å². The molecule has 1 unspecified atom stereocenters. The smallest absolute Gasteiger partial charge is 0.226 e. The van der Waals surface area contributed by atoms with Crippen LogP contribution in [0.4, 0.5) is 5.69 Å². The molecule has 23 heavy (non-hydrogen) atoms. The maximum Gasteiger partial charge on any atom is 0.226 e. The van der Waals surface area contributed by atoms with Crippen molar-refractivity contribution in [3.05, 3.63) is 65.2 Å². The van der Waals surface area contributed by atoms with Crippen LogP contribution in [0.1, 0.15) is 36.1 Å². The molecule has 0 aromatic heterocycles. The molecule has 2 rings (SSSR count). The van der Waals surface area contributed by atoms with Gasteiger partial charge in [0.2, 0.25) is 11.8 Å². The van der Waals surface area contributed by atoms with Gasteiger partial charge in [-0.05, 0) is 42.7 Å². The van der Waals surface area contributed by atoms with Crippen LogP contribution in [0.2, 0.25) is 0 Å². The molecular formula is C19H22N2O2. The second-order valence-electron chi connectivity index (χ2n) is 5.79. The van der Waals surface area contributed by atoms with Gasteiger partial charge in [0.25, 0.3) is 0 Å². The van der Waals surface area contributed by atoms with E-state index in [1.165, 1.54) is 6.92 Å². The fourth-order valence-electron chi connectivity index (χ4n) is 2.63. The highest BCUT2D eigenvalue weighted by molar-refractivity contribution is 5.91. The predicted molar refractivity (Wildman–Crippen MR) is 92.2 cm³/mol. The van der Waals surface area contributed by atoms with Crippen LogP contribution in [0.15, 0.2) is 48.5 Å². The van der Waals surface area contributed by atoms with Gasteiger partial charge < -0.3 is 10.6 Å². The zero-order valence-corrected chi connectivity index (χ0v) is 13.7. The Balaban J connectivity index is 2.09. The summed E-state index contributed by atoms with van der Waals surface area (Å²) in [5.74, 6) is -0.282. The minimum Gasteiger partial charge on any atom is -0.349 e. The van der Waals surface area contributed by atoms with Gasteiger partial charge in [0.05, 0.1) is 12.5 Å². The van der Waals surface area contributed by atoms with Gasteiger partial charge >= 0.3 is 0 Å². The maximum absolute atomic E-state index is 12.3. The molecule has 2 aromatic rings. The second kappa shape index (κ2) is 7.58. The molecule has 0 heterocycles. The van der Waals surface area contributed by atoms with Crippen molar-refractivity contribution in [3.8, 4) is 0 Å². The van der Waals surface area contributed by atoms with E-state index >= 15 is 0 Å². The maximum atomic E-state index is 12.3. The van der Waals surface area contributed by atoms with Gasteiger partial charge in [0.15, 0.2) is 0 Å². The Morgan fingerprint density at radius 2 is 1.61 bits per heavy atom. The summed E-state index contributed by atoms with van der Waals surface area (Å²) in [6.07, 6.45) is 0.191. The van der Waals surface area contributed by atoms with Crippen molar-refractivity contribution in [2.45, 2.75) is 33.2 Å². The van der Waals surface area contributed by atoms with Gasteiger partial charge in [-0.15, -0.1) is 0 Å². The molecule has 0 spiro atoms. The fraction of sp³-hybridized carbons (Fsp3) is 0.263. The highest BCUT2D eigenvalue weighted by Crippen LogP contribution is 2.19. The molecule has 0 aliphatic carbocycles. The van der Waals surface area contributed by atoms with E-state index in [-0.39, 0.29) is 24.3 Å². The zero-order valence-electron chi connectivity index (χ0n) is 13.7. The summed E-state index contributed by atoms with van der Waals surface area (Å²) in [7, 11) is 0. The summed E-state index contributed by atoms with van der Waals surface area (Å²) < 4.78 is 0. The van der Waals surface area contributed by atoms with Crippen molar-refractivity contribution in [2.24, 2.45) is 0 Å². The van der Waals surface area contributed by atoms with Crippen molar-refractivity contribution in [3.63, 3.8) is 0 Å². The van der Waals surface area contributed by atoms with Crippen LogP contribution in [-0.2, 0) is 9.59 Å². The molecule has 4 nitrogen and oxygen atoms in total. The Labute approximate surface area is 136 Å². The van der Waals surface area contributed by atoms with Gasteiger partial charge in [-0.2, -0.15) is 0 Å². The molecular weight excluding hydrogens is 288 g/mol. The number of carbonyl (C=O) groups is 2. The summed E-state index contributed by atoms with van der Waals surface area (Å²) in [5, 5.41) is 5.74. The first-order valence-electron chi connectivity index (χ1n) is 7.64. The van der Waals surface area contributed by atoms with Gasteiger partial charge in [0.1, 0.15) is 0 Å². The number of hydrogen-bond donors (Lipinski definition) is 2. The molecule has 2 N–H and O–H groups in total. The SMILES string of the molecule is CC(=O)NC(CC(=O)Nc1cc(C)cc(C)c1)c1ccccc1. The Morgan fingerprint density at radius 1 is 1.00 bits per heavy atom. The van der Waals surface area contributed by atoms with E-state index in [1.807, 2.05) is 56.3 Å². The first-order chi connectivity index (χ1) is 10.9. The van der Waals surface area contributed by atoms with Crippen LogP contribution >= 0.6 is 0 Å². The molecule has 2 aromatic carbocycles. The molecule has 2 amide bonds. The van der Waals surface area contributed by atoms with Crippen molar-refractivity contribution in [1.29, 1.82) is 0 Å². The third-order valence-electron chi connectivity index (χ3n) is 3.47. The van der Waals surface area contributed by atoms with Crippen LogP contribution in [0.5, 0.6) is 0 Å². The number of anilines is 1. The molecule has 1 atom stereocenters. The predicted octanol–water partition coefficient (Wildman–Crippen LogP) is 3.51. The van der Waals surface area contributed by atoms with E-state index in [4.69, 9.17) is 0 Å². The van der Waals surface area contributed by atoms with E-state index in [0.717, 1.165) is 22.4 Å². The molecule has 4 heteroatoms.